The number of nitrogens with zero attached hydrogens (tertiary/aromatic N) is 3. The maximum absolute atomic E-state index is 12.2. The van der Waals surface area contributed by atoms with Crippen LogP contribution >= 0.6 is 0 Å². The fourth-order valence-corrected chi connectivity index (χ4v) is 2.50. The third-order valence-electron chi connectivity index (χ3n) is 3.76. The van der Waals surface area contributed by atoms with Crippen LogP contribution in [0.3, 0.4) is 0 Å². The van der Waals surface area contributed by atoms with E-state index in [2.05, 4.69) is 5.10 Å². The fraction of sp³-hybridized carbons (Fsp3) is 0.714. The number of hydrogen-bond donors (Lipinski definition) is 1. The Labute approximate surface area is 114 Å². The van der Waals surface area contributed by atoms with Crippen molar-refractivity contribution in [1.29, 1.82) is 0 Å². The lowest BCUT2D eigenvalue weighted by Gasteiger charge is -2.16. The normalized spacial score (nSPS) is 17.6. The molecule has 0 bridgehead atoms. The quantitative estimate of drug-likeness (QED) is 0.883. The smallest absolute Gasteiger partial charge is 0.274 e. The van der Waals surface area contributed by atoms with E-state index in [0.717, 1.165) is 12.8 Å². The lowest BCUT2D eigenvalue weighted by molar-refractivity contribution is 0.0762. The van der Waals surface area contributed by atoms with Crippen LogP contribution in [0.1, 0.15) is 55.6 Å². The average Bonchev–Trinajstić information content (AvgIpc) is 3.04. The van der Waals surface area contributed by atoms with Gasteiger partial charge in [-0.2, -0.15) is 5.10 Å². The number of carbonyl (C=O) groups is 1. The van der Waals surface area contributed by atoms with Crippen LogP contribution in [0.25, 0.3) is 0 Å². The highest BCUT2D eigenvalue weighted by molar-refractivity contribution is 5.91. The minimum Gasteiger partial charge on any atom is -0.393 e. The zero-order chi connectivity index (χ0) is 13.8. The molecule has 1 unspecified atom stereocenters. The van der Waals surface area contributed by atoms with E-state index in [-0.39, 0.29) is 12.0 Å². The molecular formula is C14H23N3O2. The Bertz CT molecular complexity index is 422. The van der Waals surface area contributed by atoms with Crippen LogP contribution in [0.4, 0.5) is 0 Å². The maximum Gasteiger partial charge on any atom is 0.274 e. The number of rotatable bonds is 5. The van der Waals surface area contributed by atoms with E-state index in [0.29, 0.717) is 24.7 Å². The molecule has 1 saturated carbocycles. The number of aliphatic hydroxyl groups excluding tert-OH is 1. The van der Waals surface area contributed by atoms with E-state index >= 15 is 0 Å². The third-order valence-corrected chi connectivity index (χ3v) is 3.76. The van der Waals surface area contributed by atoms with Gasteiger partial charge in [0, 0.05) is 19.8 Å². The van der Waals surface area contributed by atoms with Crippen molar-refractivity contribution in [3.8, 4) is 0 Å². The minimum atomic E-state index is -0.383. The van der Waals surface area contributed by atoms with Crippen molar-refractivity contribution in [1.82, 2.24) is 14.7 Å². The van der Waals surface area contributed by atoms with Crippen LogP contribution in [0, 0.1) is 0 Å². The SMILES string of the molecule is CC(O)CCN(C)C(=O)c1ccn(C2CCCC2)n1. The van der Waals surface area contributed by atoms with Gasteiger partial charge < -0.3 is 10.0 Å². The molecule has 106 valence electrons. The van der Waals surface area contributed by atoms with Crippen molar-refractivity contribution in [3.05, 3.63) is 18.0 Å². The molecule has 1 aliphatic carbocycles. The maximum atomic E-state index is 12.2. The summed E-state index contributed by atoms with van der Waals surface area (Å²) >= 11 is 0. The molecule has 1 heterocycles. The van der Waals surface area contributed by atoms with Crippen molar-refractivity contribution in [2.45, 2.75) is 51.2 Å². The van der Waals surface area contributed by atoms with Crippen LogP contribution in [-0.4, -0.2) is 45.4 Å². The van der Waals surface area contributed by atoms with Gasteiger partial charge in [0.15, 0.2) is 0 Å². The molecular weight excluding hydrogens is 242 g/mol. The van der Waals surface area contributed by atoms with Crippen LogP contribution in [-0.2, 0) is 0 Å². The molecule has 1 aliphatic rings. The Balaban J connectivity index is 1.95. The van der Waals surface area contributed by atoms with E-state index < -0.39 is 0 Å². The molecule has 0 saturated heterocycles. The summed E-state index contributed by atoms with van der Waals surface area (Å²) in [5, 5.41) is 13.6. The van der Waals surface area contributed by atoms with Gasteiger partial charge >= 0.3 is 0 Å². The van der Waals surface area contributed by atoms with E-state index in [4.69, 9.17) is 0 Å². The second-order valence-electron chi connectivity index (χ2n) is 5.48. The van der Waals surface area contributed by atoms with Gasteiger partial charge in [-0.15, -0.1) is 0 Å². The number of hydrogen-bond acceptors (Lipinski definition) is 3. The lowest BCUT2D eigenvalue weighted by Crippen LogP contribution is -2.30. The first kappa shape index (κ1) is 14.1. The largest absolute Gasteiger partial charge is 0.393 e. The standard InChI is InChI=1S/C14H23N3O2/c1-11(18)7-9-16(2)14(19)13-8-10-17(15-13)12-5-3-4-6-12/h8,10-12,18H,3-7,9H2,1-2H3. The first-order valence-electron chi connectivity index (χ1n) is 7.06. The van der Waals surface area contributed by atoms with Crippen molar-refractivity contribution in [2.24, 2.45) is 0 Å². The molecule has 19 heavy (non-hydrogen) atoms. The van der Waals surface area contributed by atoms with E-state index in [1.807, 2.05) is 10.9 Å². The molecule has 0 spiro atoms. The zero-order valence-electron chi connectivity index (χ0n) is 11.7. The van der Waals surface area contributed by atoms with Crippen LogP contribution in [0.15, 0.2) is 12.3 Å². The predicted octanol–water partition coefficient (Wildman–Crippen LogP) is 1.84. The number of carbonyl (C=O) groups excluding carboxylic acids is 1. The summed E-state index contributed by atoms with van der Waals surface area (Å²) in [6.07, 6.45) is 6.94. The van der Waals surface area contributed by atoms with E-state index in [9.17, 15) is 9.90 Å². The van der Waals surface area contributed by atoms with Gasteiger partial charge in [0.1, 0.15) is 5.69 Å². The zero-order valence-corrected chi connectivity index (χ0v) is 11.7. The average molecular weight is 265 g/mol. The minimum absolute atomic E-state index is 0.0719. The first-order valence-corrected chi connectivity index (χ1v) is 7.06. The molecule has 1 aromatic rings. The highest BCUT2D eigenvalue weighted by atomic mass is 16.3. The van der Waals surface area contributed by atoms with Gasteiger partial charge in [-0.1, -0.05) is 12.8 Å². The summed E-state index contributed by atoms with van der Waals surface area (Å²) < 4.78 is 1.93. The molecule has 5 nitrogen and oxygen atoms in total. The van der Waals surface area contributed by atoms with Gasteiger partial charge in [0.25, 0.3) is 5.91 Å². The molecule has 1 atom stereocenters. The van der Waals surface area contributed by atoms with Crippen molar-refractivity contribution < 1.29 is 9.90 Å². The lowest BCUT2D eigenvalue weighted by atomic mass is 10.2. The third kappa shape index (κ3) is 3.56. The van der Waals surface area contributed by atoms with Gasteiger partial charge in [-0.3, -0.25) is 9.48 Å². The molecule has 0 aliphatic heterocycles. The van der Waals surface area contributed by atoms with Gasteiger partial charge in [-0.05, 0) is 32.3 Å². The summed E-state index contributed by atoms with van der Waals surface area (Å²) in [7, 11) is 1.75. The Hall–Kier alpha value is -1.36. The van der Waals surface area contributed by atoms with Crippen LogP contribution < -0.4 is 0 Å². The second kappa shape index (κ2) is 6.19. The van der Waals surface area contributed by atoms with Crippen molar-refractivity contribution >= 4 is 5.91 Å². The summed E-state index contributed by atoms with van der Waals surface area (Å²) in [6, 6.07) is 2.25. The Morgan fingerprint density at radius 3 is 2.89 bits per heavy atom. The number of aromatic nitrogens is 2. The predicted molar refractivity (Wildman–Crippen MR) is 73.0 cm³/mol. The Kier molecular flexibility index (Phi) is 4.58. The highest BCUT2D eigenvalue weighted by Gasteiger charge is 2.20. The Morgan fingerprint density at radius 1 is 1.58 bits per heavy atom. The second-order valence-corrected chi connectivity index (χ2v) is 5.48. The topological polar surface area (TPSA) is 58.4 Å². The molecule has 1 N–H and O–H groups in total. The van der Waals surface area contributed by atoms with E-state index in [1.165, 1.54) is 12.8 Å². The molecule has 2 rings (SSSR count). The molecule has 1 amide bonds. The monoisotopic (exact) mass is 265 g/mol. The summed E-state index contributed by atoms with van der Waals surface area (Å²) in [4.78, 5) is 13.8. The highest BCUT2D eigenvalue weighted by Crippen LogP contribution is 2.28. The molecule has 1 fully saturated rings. The van der Waals surface area contributed by atoms with Crippen molar-refractivity contribution in [2.75, 3.05) is 13.6 Å². The van der Waals surface area contributed by atoms with E-state index in [1.54, 1.807) is 24.9 Å². The Morgan fingerprint density at radius 2 is 2.26 bits per heavy atom. The van der Waals surface area contributed by atoms with Crippen molar-refractivity contribution in [3.63, 3.8) is 0 Å². The number of aliphatic hydroxyl groups is 1. The summed E-state index contributed by atoms with van der Waals surface area (Å²) in [6.45, 7) is 2.28. The van der Waals surface area contributed by atoms with Crippen LogP contribution in [0.5, 0.6) is 0 Å². The molecule has 5 heteroatoms. The molecule has 0 aromatic carbocycles. The molecule has 0 radical (unpaired) electrons. The van der Waals surface area contributed by atoms with Gasteiger partial charge in [0.05, 0.1) is 12.1 Å². The summed E-state index contributed by atoms with van der Waals surface area (Å²) in [5.41, 5.74) is 0.500. The first-order chi connectivity index (χ1) is 9.08. The van der Waals surface area contributed by atoms with Crippen LogP contribution in [0.2, 0.25) is 0 Å². The summed E-state index contributed by atoms with van der Waals surface area (Å²) in [5.74, 6) is -0.0719. The fourth-order valence-electron chi connectivity index (χ4n) is 2.50. The molecule has 1 aromatic heterocycles. The number of amides is 1. The van der Waals surface area contributed by atoms with Gasteiger partial charge in [0.2, 0.25) is 0 Å². The van der Waals surface area contributed by atoms with Gasteiger partial charge in [-0.25, -0.2) is 0 Å².